The molecule has 25 heavy (non-hydrogen) atoms. The zero-order chi connectivity index (χ0) is 17.8. The highest BCUT2D eigenvalue weighted by Gasteiger charge is 2.28. The molecule has 2 amide bonds. The number of hydrogen-bond acceptors (Lipinski definition) is 3. The minimum atomic E-state index is 0.0238. The quantitative estimate of drug-likeness (QED) is 0.912. The van der Waals surface area contributed by atoms with E-state index in [4.69, 9.17) is 0 Å². The van der Waals surface area contributed by atoms with Crippen LogP contribution in [0.4, 0.5) is 10.5 Å². The summed E-state index contributed by atoms with van der Waals surface area (Å²) in [7, 11) is 0. The Hall–Kier alpha value is -1.59. The molecule has 2 heterocycles. The number of likely N-dealkylation sites (tertiary alicyclic amines) is 1. The summed E-state index contributed by atoms with van der Waals surface area (Å²) in [6, 6.07) is 9.39. The van der Waals surface area contributed by atoms with Crippen molar-refractivity contribution < 1.29 is 4.79 Å². The van der Waals surface area contributed by atoms with Crippen molar-refractivity contribution in [1.29, 1.82) is 0 Å². The first kappa shape index (κ1) is 18.2. The molecule has 5 heteroatoms. The van der Waals surface area contributed by atoms with Gasteiger partial charge >= 0.3 is 6.03 Å². The Morgan fingerprint density at radius 1 is 1.04 bits per heavy atom. The Morgan fingerprint density at radius 3 is 2.32 bits per heavy atom. The molecule has 3 rings (SSSR count). The molecule has 2 unspecified atom stereocenters. The van der Waals surface area contributed by atoms with Crippen molar-refractivity contribution in [1.82, 2.24) is 14.7 Å². The van der Waals surface area contributed by atoms with Crippen molar-refractivity contribution >= 4 is 11.7 Å². The van der Waals surface area contributed by atoms with E-state index in [0.29, 0.717) is 0 Å². The van der Waals surface area contributed by atoms with Crippen LogP contribution in [-0.4, -0.2) is 72.1 Å². The smallest absolute Gasteiger partial charge is 0.321 e. The molecule has 1 N–H and O–H groups in total. The number of hydrogen-bond donors (Lipinski definition) is 1. The number of carbonyl (C=O) groups is 1. The van der Waals surface area contributed by atoms with E-state index in [1.165, 1.54) is 12.8 Å². The van der Waals surface area contributed by atoms with E-state index >= 15 is 0 Å². The third-order valence-electron chi connectivity index (χ3n) is 5.86. The summed E-state index contributed by atoms with van der Waals surface area (Å²) in [6.07, 6.45) is 2.65. The van der Waals surface area contributed by atoms with E-state index in [0.717, 1.165) is 62.6 Å². The Labute approximate surface area is 152 Å². The van der Waals surface area contributed by atoms with E-state index in [9.17, 15) is 4.79 Å². The normalized spacial score (nSPS) is 25.3. The van der Waals surface area contributed by atoms with Gasteiger partial charge in [0.05, 0.1) is 0 Å². The van der Waals surface area contributed by atoms with Gasteiger partial charge < -0.3 is 10.2 Å². The van der Waals surface area contributed by atoms with Crippen LogP contribution in [0.3, 0.4) is 0 Å². The fraction of sp³-hybridized carbons (Fsp3) is 0.650. The van der Waals surface area contributed by atoms with Crippen LogP contribution in [0.1, 0.15) is 32.3 Å². The molecule has 0 aromatic heterocycles. The number of aryl methyl sites for hydroxylation is 1. The van der Waals surface area contributed by atoms with Gasteiger partial charge in [0.2, 0.25) is 0 Å². The standard InChI is InChI=1S/C20H32N4O/c1-16-6-4-5-7-19(16)21-20(25)23-13-10-22(11-14-23)12-15-24-17(2)8-9-18(24)3/h4-7,17-18H,8-15H2,1-3H3,(H,21,25). The Morgan fingerprint density at radius 2 is 1.68 bits per heavy atom. The van der Waals surface area contributed by atoms with Crippen molar-refractivity contribution in [3.63, 3.8) is 0 Å². The molecule has 2 fully saturated rings. The molecule has 2 atom stereocenters. The van der Waals surface area contributed by atoms with E-state index in [2.05, 4.69) is 29.0 Å². The lowest BCUT2D eigenvalue weighted by molar-refractivity contribution is 0.123. The van der Waals surface area contributed by atoms with Gasteiger partial charge in [0.25, 0.3) is 0 Å². The molecule has 0 radical (unpaired) electrons. The Balaban J connectivity index is 1.42. The minimum Gasteiger partial charge on any atom is -0.322 e. The Bertz CT molecular complexity index is 573. The van der Waals surface area contributed by atoms with Gasteiger partial charge in [-0.15, -0.1) is 0 Å². The number of carbonyl (C=O) groups excluding carboxylic acids is 1. The van der Waals surface area contributed by atoms with E-state index in [1.807, 2.05) is 36.1 Å². The molecule has 1 aromatic rings. The predicted molar refractivity (Wildman–Crippen MR) is 103 cm³/mol. The van der Waals surface area contributed by atoms with Crippen molar-refractivity contribution in [2.75, 3.05) is 44.6 Å². The molecule has 2 saturated heterocycles. The lowest BCUT2D eigenvalue weighted by atomic mass is 10.2. The SMILES string of the molecule is Cc1ccccc1NC(=O)N1CCN(CCN2C(C)CCC2C)CC1. The van der Waals surface area contributed by atoms with Gasteiger partial charge in [-0.3, -0.25) is 9.80 Å². The van der Waals surface area contributed by atoms with Crippen molar-refractivity contribution in [3.8, 4) is 0 Å². The summed E-state index contributed by atoms with van der Waals surface area (Å²) < 4.78 is 0. The number of benzene rings is 1. The fourth-order valence-corrected chi connectivity index (χ4v) is 4.03. The third-order valence-corrected chi connectivity index (χ3v) is 5.86. The van der Waals surface area contributed by atoms with E-state index < -0.39 is 0 Å². The van der Waals surface area contributed by atoms with Crippen LogP contribution in [0.15, 0.2) is 24.3 Å². The van der Waals surface area contributed by atoms with Crippen LogP contribution in [0.5, 0.6) is 0 Å². The first-order valence-electron chi connectivity index (χ1n) is 9.64. The lowest BCUT2D eigenvalue weighted by Gasteiger charge is -2.36. The molecule has 138 valence electrons. The van der Waals surface area contributed by atoms with Gasteiger partial charge in [0, 0.05) is 57.0 Å². The van der Waals surface area contributed by atoms with Gasteiger partial charge in [0.15, 0.2) is 0 Å². The van der Waals surface area contributed by atoms with Crippen LogP contribution in [-0.2, 0) is 0 Å². The number of nitrogens with one attached hydrogen (secondary N) is 1. The summed E-state index contributed by atoms with van der Waals surface area (Å²) in [5.41, 5.74) is 2.01. The van der Waals surface area contributed by atoms with Crippen molar-refractivity contribution in [2.24, 2.45) is 0 Å². The molecule has 0 saturated carbocycles. The second-order valence-electron chi connectivity index (χ2n) is 7.59. The van der Waals surface area contributed by atoms with Gasteiger partial charge in [-0.25, -0.2) is 4.79 Å². The summed E-state index contributed by atoms with van der Waals surface area (Å²) in [6.45, 7) is 12.5. The highest BCUT2D eigenvalue weighted by molar-refractivity contribution is 5.90. The molecular formula is C20H32N4O. The molecular weight excluding hydrogens is 312 g/mol. The fourth-order valence-electron chi connectivity index (χ4n) is 4.03. The molecule has 2 aliphatic rings. The average Bonchev–Trinajstić information content (AvgIpc) is 2.93. The minimum absolute atomic E-state index is 0.0238. The largest absolute Gasteiger partial charge is 0.322 e. The van der Waals surface area contributed by atoms with Crippen LogP contribution in [0.25, 0.3) is 0 Å². The molecule has 5 nitrogen and oxygen atoms in total. The zero-order valence-electron chi connectivity index (χ0n) is 15.9. The second-order valence-corrected chi connectivity index (χ2v) is 7.59. The molecule has 0 bridgehead atoms. The van der Waals surface area contributed by atoms with Gasteiger partial charge in [0.1, 0.15) is 0 Å². The number of urea groups is 1. The maximum absolute atomic E-state index is 12.5. The van der Waals surface area contributed by atoms with Gasteiger partial charge in [-0.2, -0.15) is 0 Å². The van der Waals surface area contributed by atoms with E-state index in [1.54, 1.807) is 0 Å². The first-order valence-corrected chi connectivity index (χ1v) is 9.64. The van der Waals surface area contributed by atoms with Crippen LogP contribution in [0, 0.1) is 6.92 Å². The number of rotatable bonds is 4. The Kier molecular flexibility index (Phi) is 5.97. The number of piperazine rings is 1. The highest BCUT2D eigenvalue weighted by Crippen LogP contribution is 2.23. The topological polar surface area (TPSA) is 38.8 Å². The predicted octanol–water partition coefficient (Wildman–Crippen LogP) is 3.02. The number of nitrogens with zero attached hydrogens (tertiary/aromatic N) is 3. The molecule has 1 aromatic carbocycles. The third kappa shape index (κ3) is 4.53. The first-order chi connectivity index (χ1) is 12.0. The monoisotopic (exact) mass is 344 g/mol. The summed E-state index contributed by atoms with van der Waals surface area (Å²) in [5.74, 6) is 0. The van der Waals surface area contributed by atoms with E-state index in [-0.39, 0.29) is 6.03 Å². The number of anilines is 1. The molecule has 2 aliphatic heterocycles. The average molecular weight is 345 g/mol. The van der Waals surface area contributed by atoms with Gasteiger partial charge in [-0.1, -0.05) is 18.2 Å². The summed E-state index contributed by atoms with van der Waals surface area (Å²) >= 11 is 0. The maximum Gasteiger partial charge on any atom is 0.321 e. The van der Waals surface area contributed by atoms with Crippen molar-refractivity contribution in [2.45, 2.75) is 45.7 Å². The van der Waals surface area contributed by atoms with Crippen LogP contribution in [0.2, 0.25) is 0 Å². The molecule has 0 aliphatic carbocycles. The molecule has 0 spiro atoms. The van der Waals surface area contributed by atoms with Crippen LogP contribution < -0.4 is 5.32 Å². The van der Waals surface area contributed by atoms with Crippen molar-refractivity contribution in [3.05, 3.63) is 29.8 Å². The number of para-hydroxylation sites is 1. The maximum atomic E-state index is 12.5. The lowest BCUT2D eigenvalue weighted by Crippen LogP contribution is -2.51. The van der Waals surface area contributed by atoms with Crippen LogP contribution >= 0.6 is 0 Å². The zero-order valence-corrected chi connectivity index (χ0v) is 15.9. The summed E-state index contributed by atoms with van der Waals surface area (Å²) in [5, 5.41) is 3.04. The highest BCUT2D eigenvalue weighted by atomic mass is 16.2. The van der Waals surface area contributed by atoms with Gasteiger partial charge in [-0.05, 0) is 45.2 Å². The second kappa shape index (κ2) is 8.19. The number of amides is 2. The summed E-state index contributed by atoms with van der Waals surface area (Å²) in [4.78, 5) is 19.5.